The Labute approximate surface area is 112 Å². The highest BCUT2D eigenvalue weighted by Gasteiger charge is 2.37. The highest BCUT2D eigenvalue weighted by Crippen LogP contribution is 2.34. The summed E-state index contributed by atoms with van der Waals surface area (Å²) >= 11 is 0. The number of sulfone groups is 1. The van der Waals surface area contributed by atoms with Crippen LogP contribution in [0.4, 0.5) is 0 Å². The summed E-state index contributed by atoms with van der Waals surface area (Å²) in [7, 11) is -2.83. The van der Waals surface area contributed by atoms with E-state index in [1.165, 1.54) is 12.8 Å². The van der Waals surface area contributed by atoms with Gasteiger partial charge in [0.15, 0.2) is 0 Å². The Kier molecular flexibility index (Phi) is 6.08. The van der Waals surface area contributed by atoms with Crippen LogP contribution < -0.4 is 5.73 Å². The largest absolute Gasteiger partial charge is 0.329 e. The summed E-state index contributed by atoms with van der Waals surface area (Å²) in [6, 6.07) is 0. The monoisotopic (exact) mass is 276 g/mol. The van der Waals surface area contributed by atoms with Crippen molar-refractivity contribution in [2.75, 3.05) is 31.1 Å². The molecule has 0 aromatic rings. The van der Waals surface area contributed by atoms with E-state index < -0.39 is 9.84 Å². The lowest BCUT2D eigenvalue weighted by atomic mass is 9.95. The average molecular weight is 276 g/mol. The van der Waals surface area contributed by atoms with Gasteiger partial charge >= 0.3 is 0 Å². The molecule has 0 aromatic heterocycles. The molecule has 0 aromatic carbocycles. The van der Waals surface area contributed by atoms with Gasteiger partial charge in [-0.2, -0.15) is 0 Å². The van der Waals surface area contributed by atoms with E-state index in [4.69, 9.17) is 5.73 Å². The van der Waals surface area contributed by atoms with Gasteiger partial charge in [0.25, 0.3) is 0 Å². The summed E-state index contributed by atoms with van der Waals surface area (Å²) in [4.78, 5) is 2.41. The normalized spacial score (nSPS) is 19.6. The minimum Gasteiger partial charge on any atom is -0.329 e. The SMILES string of the molecule is CCN(CCCS(=O)(=O)CC)C1(CN)CCCC1. The molecule has 1 fully saturated rings. The van der Waals surface area contributed by atoms with E-state index in [9.17, 15) is 8.42 Å². The Balaban J connectivity index is 2.51. The van der Waals surface area contributed by atoms with Crippen LogP contribution in [0.2, 0.25) is 0 Å². The van der Waals surface area contributed by atoms with Gasteiger partial charge in [-0.1, -0.05) is 26.7 Å². The summed E-state index contributed by atoms with van der Waals surface area (Å²) < 4.78 is 23.0. The number of nitrogens with two attached hydrogens (primary N) is 1. The van der Waals surface area contributed by atoms with Crippen LogP contribution in [0, 0.1) is 0 Å². The molecule has 1 aliphatic rings. The summed E-state index contributed by atoms with van der Waals surface area (Å²) in [6.45, 7) is 6.37. The van der Waals surface area contributed by atoms with Crippen molar-refractivity contribution in [3.05, 3.63) is 0 Å². The molecule has 0 spiro atoms. The van der Waals surface area contributed by atoms with Gasteiger partial charge < -0.3 is 5.73 Å². The minimum atomic E-state index is -2.83. The number of nitrogens with zero attached hydrogens (tertiary/aromatic N) is 1. The van der Waals surface area contributed by atoms with E-state index in [1.54, 1.807) is 6.92 Å². The zero-order valence-corrected chi connectivity index (χ0v) is 12.6. The summed E-state index contributed by atoms with van der Waals surface area (Å²) in [5.41, 5.74) is 6.11. The van der Waals surface area contributed by atoms with Gasteiger partial charge in [-0.05, 0) is 32.4 Å². The number of likely N-dealkylation sites (N-methyl/N-ethyl adjacent to an activating group) is 1. The van der Waals surface area contributed by atoms with E-state index in [1.807, 2.05) is 0 Å². The molecule has 0 bridgehead atoms. The highest BCUT2D eigenvalue weighted by atomic mass is 32.2. The number of hydrogen-bond acceptors (Lipinski definition) is 4. The second-order valence-electron chi connectivity index (χ2n) is 5.31. The molecule has 5 heteroatoms. The minimum absolute atomic E-state index is 0.144. The molecule has 0 saturated heterocycles. The lowest BCUT2D eigenvalue weighted by Crippen LogP contribution is -2.52. The fourth-order valence-electron chi connectivity index (χ4n) is 3.03. The van der Waals surface area contributed by atoms with E-state index in [0.29, 0.717) is 12.3 Å². The van der Waals surface area contributed by atoms with Crippen LogP contribution in [0.15, 0.2) is 0 Å². The molecule has 1 rings (SSSR count). The van der Waals surface area contributed by atoms with E-state index >= 15 is 0 Å². The zero-order chi connectivity index (χ0) is 13.6. The van der Waals surface area contributed by atoms with Crippen LogP contribution in [0.5, 0.6) is 0 Å². The van der Waals surface area contributed by atoms with E-state index in [2.05, 4.69) is 11.8 Å². The maximum atomic E-state index is 11.5. The molecule has 0 atom stereocenters. The van der Waals surface area contributed by atoms with Crippen molar-refractivity contribution < 1.29 is 8.42 Å². The molecule has 0 radical (unpaired) electrons. The second-order valence-corrected chi connectivity index (χ2v) is 7.78. The van der Waals surface area contributed by atoms with Crippen LogP contribution in [0.25, 0.3) is 0 Å². The molecule has 1 aliphatic carbocycles. The van der Waals surface area contributed by atoms with Gasteiger partial charge in [0, 0.05) is 17.8 Å². The molecule has 108 valence electrons. The summed E-state index contributed by atoms with van der Waals surface area (Å²) in [5, 5.41) is 0. The van der Waals surface area contributed by atoms with Crippen molar-refractivity contribution in [2.45, 2.75) is 51.5 Å². The van der Waals surface area contributed by atoms with E-state index in [0.717, 1.165) is 32.4 Å². The molecule has 18 heavy (non-hydrogen) atoms. The van der Waals surface area contributed by atoms with Gasteiger partial charge in [0.2, 0.25) is 0 Å². The molecule has 2 N–H and O–H groups in total. The molecular weight excluding hydrogens is 248 g/mol. The molecule has 0 heterocycles. The standard InChI is InChI=1S/C13H28N2O2S/c1-3-15(10-7-11-18(16,17)4-2)13(12-14)8-5-6-9-13/h3-12,14H2,1-2H3. The number of hydrogen-bond donors (Lipinski definition) is 1. The maximum Gasteiger partial charge on any atom is 0.150 e. The van der Waals surface area contributed by atoms with Crippen molar-refractivity contribution in [1.29, 1.82) is 0 Å². The topological polar surface area (TPSA) is 63.4 Å². The molecule has 0 unspecified atom stereocenters. The third-order valence-electron chi connectivity index (χ3n) is 4.29. The Bertz CT molecular complexity index is 335. The fraction of sp³-hybridized carbons (Fsp3) is 1.00. The van der Waals surface area contributed by atoms with Crippen molar-refractivity contribution in [2.24, 2.45) is 5.73 Å². The van der Waals surface area contributed by atoms with Gasteiger partial charge in [0.1, 0.15) is 9.84 Å². The van der Waals surface area contributed by atoms with E-state index in [-0.39, 0.29) is 11.3 Å². The molecule has 0 aliphatic heterocycles. The smallest absolute Gasteiger partial charge is 0.150 e. The van der Waals surface area contributed by atoms with Crippen LogP contribution >= 0.6 is 0 Å². The van der Waals surface area contributed by atoms with Crippen LogP contribution in [-0.2, 0) is 9.84 Å². The maximum absolute atomic E-state index is 11.5. The lowest BCUT2D eigenvalue weighted by Gasteiger charge is -2.40. The first-order valence-corrected chi connectivity index (χ1v) is 8.97. The predicted octanol–water partition coefficient (Wildman–Crippen LogP) is 1.40. The highest BCUT2D eigenvalue weighted by molar-refractivity contribution is 7.91. The van der Waals surface area contributed by atoms with Crippen molar-refractivity contribution in [3.63, 3.8) is 0 Å². The summed E-state index contributed by atoms with van der Waals surface area (Å²) in [6.07, 6.45) is 5.56. The summed E-state index contributed by atoms with van der Waals surface area (Å²) in [5.74, 6) is 0.557. The first-order chi connectivity index (χ1) is 8.49. The Morgan fingerprint density at radius 2 is 1.83 bits per heavy atom. The second kappa shape index (κ2) is 6.87. The third kappa shape index (κ3) is 3.93. The van der Waals surface area contributed by atoms with Gasteiger partial charge in [-0.25, -0.2) is 8.42 Å². The molecule has 0 amide bonds. The predicted molar refractivity (Wildman–Crippen MR) is 76.4 cm³/mol. The van der Waals surface area contributed by atoms with Crippen LogP contribution in [-0.4, -0.2) is 50.0 Å². The average Bonchev–Trinajstić information content (AvgIpc) is 2.84. The molecule has 4 nitrogen and oxygen atoms in total. The lowest BCUT2D eigenvalue weighted by molar-refractivity contribution is 0.106. The fourth-order valence-corrected chi connectivity index (χ4v) is 3.89. The first-order valence-electron chi connectivity index (χ1n) is 7.15. The Morgan fingerprint density at radius 1 is 1.22 bits per heavy atom. The molecule has 1 saturated carbocycles. The van der Waals surface area contributed by atoms with Crippen LogP contribution in [0.3, 0.4) is 0 Å². The van der Waals surface area contributed by atoms with Crippen molar-refractivity contribution >= 4 is 9.84 Å². The zero-order valence-electron chi connectivity index (χ0n) is 11.8. The Hall–Kier alpha value is -0.130. The van der Waals surface area contributed by atoms with Crippen molar-refractivity contribution in [1.82, 2.24) is 4.90 Å². The van der Waals surface area contributed by atoms with Crippen molar-refractivity contribution in [3.8, 4) is 0 Å². The quantitative estimate of drug-likeness (QED) is 0.728. The van der Waals surface area contributed by atoms with Gasteiger partial charge in [-0.15, -0.1) is 0 Å². The number of rotatable bonds is 8. The van der Waals surface area contributed by atoms with Crippen LogP contribution in [0.1, 0.15) is 46.0 Å². The first kappa shape index (κ1) is 15.9. The van der Waals surface area contributed by atoms with Gasteiger partial charge in [0.05, 0.1) is 5.75 Å². The molecular formula is C13H28N2O2S. The Morgan fingerprint density at radius 3 is 2.28 bits per heavy atom. The van der Waals surface area contributed by atoms with Gasteiger partial charge in [-0.3, -0.25) is 4.90 Å². The third-order valence-corrected chi connectivity index (χ3v) is 6.08.